The molecule has 0 fully saturated rings. The molecule has 1 atom stereocenters. The zero-order valence-electron chi connectivity index (χ0n) is 18.3. The van der Waals surface area contributed by atoms with Crippen molar-refractivity contribution in [2.45, 2.75) is 39.2 Å². The Morgan fingerprint density at radius 2 is 1.77 bits per heavy atom. The van der Waals surface area contributed by atoms with Crippen molar-refractivity contribution in [3.05, 3.63) is 62.8 Å². The highest BCUT2D eigenvalue weighted by molar-refractivity contribution is 9.10. The molecule has 3 aromatic rings. The first-order valence-electron chi connectivity index (χ1n) is 10.2. The van der Waals surface area contributed by atoms with Crippen LogP contribution in [0.15, 0.2) is 22.7 Å². The second kappa shape index (κ2) is 10.6. The number of fused-ring (bicyclic) bond motifs is 1. The average Bonchev–Trinajstić information content (AvgIpc) is 3.14. The number of aromatic carboxylic acids is 1. The van der Waals surface area contributed by atoms with Crippen LogP contribution in [0.3, 0.4) is 0 Å². The lowest BCUT2D eigenvalue weighted by Crippen LogP contribution is -2.19. The van der Waals surface area contributed by atoms with Crippen molar-refractivity contribution >= 4 is 33.5 Å². The SMILES string of the molecule is CCOC(=O)CC(c1cc(F)c(F)cc1OC(F)F)c1c(C(=O)O)nc2cc(F)c(Br)c(CC)n12. The number of carboxylic acid groups (broad SMARTS) is 1. The van der Waals surface area contributed by atoms with Crippen LogP contribution in [0.2, 0.25) is 0 Å². The minimum absolute atomic E-state index is 0.0349. The third-order valence-electron chi connectivity index (χ3n) is 5.12. The number of imidazole rings is 1. The van der Waals surface area contributed by atoms with Gasteiger partial charge in [0, 0.05) is 29.3 Å². The number of halogens is 6. The first kappa shape index (κ1) is 26.4. The van der Waals surface area contributed by atoms with Crippen molar-refractivity contribution in [1.29, 1.82) is 0 Å². The molecule has 0 bridgehead atoms. The van der Waals surface area contributed by atoms with Gasteiger partial charge in [-0.05, 0) is 35.3 Å². The largest absolute Gasteiger partial charge is 0.476 e. The first-order valence-corrected chi connectivity index (χ1v) is 11.0. The van der Waals surface area contributed by atoms with Gasteiger partial charge in [-0.25, -0.2) is 22.9 Å². The molecule has 0 aliphatic rings. The van der Waals surface area contributed by atoms with E-state index in [1.165, 1.54) is 11.3 Å². The summed E-state index contributed by atoms with van der Waals surface area (Å²) in [6.07, 6.45) is -0.535. The van der Waals surface area contributed by atoms with E-state index in [4.69, 9.17) is 4.74 Å². The van der Waals surface area contributed by atoms with Gasteiger partial charge in [-0.2, -0.15) is 8.78 Å². The molecule has 3 rings (SSSR count). The molecular weight excluding hydrogens is 547 g/mol. The number of carboxylic acids is 1. The number of nitrogens with zero attached hydrogens (tertiary/aromatic N) is 2. The smallest absolute Gasteiger partial charge is 0.387 e. The molecule has 1 aromatic carbocycles. The lowest BCUT2D eigenvalue weighted by atomic mass is 9.89. The maximum absolute atomic E-state index is 14.5. The minimum atomic E-state index is -3.45. The van der Waals surface area contributed by atoms with E-state index in [1.54, 1.807) is 6.92 Å². The molecular formula is C22H18BrF5N2O5. The zero-order chi connectivity index (χ0) is 26.0. The van der Waals surface area contributed by atoms with Gasteiger partial charge in [-0.3, -0.25) is 9.20 Å². The Morgan fingerprint density at radius 3 is 2.34 bits per heavy atom. The highest BCUT2D eigenvalue weighted by Crippen LogP contribution is 2.40. The van der Waals surface area contributed by atoms with Crippen LogP contribution in [-0.2, 0) is 16.0 Å². The maximum atomic E-state index is 14.5. The highest BCUT2D eigenvalue weighted by atomic mass is 79.9. The van der Waals surface area contributed by atoms with Crippen molar-refractivity contribution in [3.63, 3.8) is 0 Å². The van der Waals surface area contributed by atoms with Crippen LogP contribution in [0.25, 0.3) is 5.65 Å². The molecule has 35 heavy (non-hydrogen) atoms. The van der Waals surface area contributed by atoms with Gasteiger partial charge in [-0.15, -0.1) is 0 Å². The molecule has 0 amide bonds. The van der Waals surface area contributed by atoms with Crippen molar-refractivity contribution in [2.75, 3.05) is 6.61 Å². The summed E-state index contributed by atoms with van der Waals surface area (Å²) in [6, 6.07) is 1.84. The Labute approximate surface area is 203 Å². The summed E-state index contributed by atoms with van der Waals surface area (Å²) in [6.45, 7) is -0.383. The molecule has 1 unspecified atom stereocenters. The number of ether oxygens (including phenoxy) is 2. The fourth-order valence-corrected chi connectivity index (χ4v) is 4.36. The summed E-state index contributed by atoms with van der Waals surface area (Å²) in [7, 11) is 0. The van der Waals surface area contributed by atoms with Crippen LogP contribution in [0.1, 0.15) is 53.6 Å². The van der Waals surface area contributed by atoms with Gasteiger partial charge < -0.3 is 14.6 Å². The summed E-state index contributed by atoms with van der Waals surface area (Å²) < 4.78 is 79.4. The topological polar surface area (TPSA) is 90.1 Å². The normalized spacial score (nSPS) is 12.3. The quantitative estimate of drug-likeness (QED) is 0.274. The van der Waals surface area contributed by atoms with Crippen LogP contribution in [0.4, 0.5) is 22.0 Å². The fraction of sp³-hybridized carbons (Fsp3) is 0.318. The van der Waals surface area contributed by atoms with E-state index in [9.17, 15) is 36.6 Å². The van der Waals surface area contributed by atoms with Gasteiger partial charge in [0.2, 0.25) is 0 Å². The number of benzene rings is 1. The Bertz CT molecular complexity index is 1300. The van der Waals surface area contributed by atoms with E-state index in [2.05, 4.69) is 25.7 Å². The first-order chi connectivity index (χ1) is 16.5. The third-order valence-corrected chi connectivity index (χ3v) is 5.95. The van der Waals surface area contributed by atoms with E-state index in [1.807, 2.05) is 0 Å². The Balaban J connectivity index is 2.45. The number of pyridine rings is 1. The van der Waals surface area contributed by atoms with Gasteiger partial charge in [0.05, 0.1) is 23.2 Å². The molecule has 188 valence electrons. The molecule has 2 heterocycles. The number of aryl methyl sites for hydroxylation is 1. The van der Waals surface area contributed by atoms with Crippen LogP contribution in [0, 0.1) is 17.5 Å². The summed E-state index contributed by atoms with van der Waals surface area (Å²) in [5.41, 5.74) is -1.34. The number of rotatable bonds is 9. The van der Waals surface area contributed by atoms with Gasteiger partial charge >= 0.3 is 18.6 Å². The fourth-order valence-electron chi connectivity index (χ4n) is 3.79. The lowest BCUT2D eigenvalue weighted by molar-refractivity contribution is -0.143. The van der Waals surface area contributed by atoms with E-state index >= 15 is 0 Å². The number of carbonyl (C=O) groups is 2. The van der Waals surface area contributed by atoms with E-state index < -0.39 is 65.3 Å². The maximum Gasteiger partial charge on any atom is 0.387 e. The summed E-state index contributed by atoms with van der Waals surface area (Å²) in [5.74, 6) is -8.52. The molecule has 7 nitrogen and oxygen atoms in total. The van der Waals surface area contributed by atoms with Crippen molar-refractivity contribution in [1.82, 2.24) is 9.38 Å². The van der Waals surface area contributed by atoms with Crippen molar-refractivity contribution < 1.29 is 46.1 Å². The molecule has 0 aliphatic carbocycles. The van der Waals surface area contributed by atoms with Crippen LogP contribution >= 0.6 is 15.9 Å². The van der Waals surface area contributed by atoms with E-state index in [0.29, 0.717) is 12.1 Å². The molecule has 1 N–H and O–H groups in total. The number of esters is 1. The average molecular weight is 565 g/mol. The Hall–Kier alpha value is -3.22. The number of carbonyl (C=O) groups excluding carboxylic acids is 1. The van der Waals surface area contributed by atoms with Crippen molar-refractivity contribution in [3.8, 4) is 5.75 Å². The van der Waals surface area contributed by atoms with E-state index in [-0.39, 0.29) is 34.5 Å². The van der Waals surface area contributed by atoms with E-state index in [0.717, 1.165) is 6.07 Å². The number of hydrogen-bond acceptors (Lipinski definition) is 5. The predicted molar refractivity (Wildman–Crippen MR) is 115 cm³/mol. The number of hydrogen-bond donors (Lipinski definition) is 1. The highest BCUT2D eigenvalue weighted by Gasteiger charge is 2.34. The van der Waals surface area contributed by atoms with Crippen LogP contribution in [0.5, 0.6) is 5.75 Å². The second-order valence-electron chi connectivity index (χ2n) is 7.20. The Morgan fingerprint density at radius 1 is 1.11 bits per heavy atom. The standard InChI is InChI=1S/C22H18BrF5N2O5/c1-3-14-18(23)13(26)8-16-29-19(21(32)33)20(30(14)16)10(6-17(31)34-4-2)9-5-11(24)12(25)7-15(9)35-22(27)28/h5,7-8,10,22H,3-4,6H2,1-2H3,(H,32,33). The monoisotopic (exact) mass is 564 g/mol. The van der Waals surface area contributed by atoms with Gasteiger partial charge in [-0.1, -0.05) is 6.92 Å². The molecule has 0 radical (unpaired) electrons. The van der Waals surface area contributed by atoms with Gasteiger partial charge in [0.15, 0.2) is 17.3 Å². The third kappa shape index (κ3) is 5.24. The van der Waals surface area contributed by atoms with Crippen molar-refractivity contribution in [2.24, 2.45) is 0 Å². The summed E-state index contributed by atoms with van der Waals surface area (Å²) >= 11 is 3.10. The van der Waals surface area contributed by atoms with Gasteiger partial charge in [0.1, 0.15) is 17.2 Å². The lowest BCUT2D eigenvalue weighted by Gasteiger charge is -2.22. The van der Waals surface area contributed by atoms with Crippen LogP contribution in [-0.4, -0.2) is 39.6 Å². The molecule has 2 aromatic heterocycles. The molecule has 0 saturated carbocycles. The predicted octanol–water partition coefficient (Wildman–Crippen LogP) is 5.46. The summed E-state index contributed by atoms with van der Waals surface area (Å²) in [4.78, 5) is 28.5. The minimum Gasteiger partial charge on any atom is -0.476 e. The second-order valence-corrected chi connectivity index (χ2v) is 7.99. The number of alkyl halides is 2. The molecule has 13 heteroatoms. The Kier molecular flexibility index (Phi) is 7.98. The van der Waals surface area contributed by atoms with Crippen LogP contribution < -0.4 is 4.74 Å². The zero-order valence-corrected chi connectivity index (χ0v) is 19.8. The van der Waals surface area contributed by atoms with Gasteiger partial charge in [0.25, 0.3) is 0 Å². The summed E-state index contributed by atoms with van der Waals surface area (Å²) in [5, 5.41) is 9.83. The number of aromatic nitrogens is 2. The molecule has 0 aliphatic heterocycles. The molecule has 0 saturated heterocycles. The molecule has 0 spiro atoms.